The number of thioether (sulfide) groups is 1. The number of benzene rings is 1. The van der Waals surface area contributed by atoms with Crippen molar-refractivity contribution >= 4 is 21.8 Å². The van der Waals surface area contributed by atoms with Crippen molar-refractivity contribution in [2.45, 2.75) is 40.6 Å². The molecule has 21 heavy (non-hydrogen) atoms. The van der Waals surface area contributed by atoms with Crippen molar-refractivity contribution in [1.82, 2.24) is 4.72 Å². The minimum Gasteiger partial charge on any atom is -0.381 e. The third kappa shape index (κ3) is 4.00. The minimum atomic E-state index is -3.12. The molecule has 1 saturated heterocycles. The lowest BCUT2D eigenvalue weighted by molar-refractivity contribution is 0.0784. The van der Waals surface area contributed by atoms with Gasteiger partial charge in [-0.3, -0.25) is 0 Å². The Balaban J connectivity index is 1.70. The van der Waals surface area contributed by atoms with Gasteiger partial charge < -0.3 is 4.74 Å². The maximum atomic E-state index is 12.1. The normalized spacial score (nSPS) is 22.1. The van der Waals surface area contributed by atoms with Crippen LogP contribution in [0.15, 0.2) is 35.2 Å². The molecular formula is C15H21NO3S2. The molecule has 2 fully saturated rings. The molecule has 0 unspecified atom stereocenters. The first-order valence-electron chi connectivity index (χ1n) is 7.40. The van der Waals surface area contributed by atoms with Gasteiger partial charge in [0.2, 0.25) is 10.0 Å². The molecule has 0 bridgehead atoms. The maximum Gasteiger partial charge on any atom is 0.214 e. The monoisotopic (exact) mass is 327 g/mol. The number of sulfonamides is 1. The van der Waals surface area contributed by atoms with Gasteiger partial charge in [0.05, 0.1) is 5.25 Å². The fourth-order valence-electron chi connectivity index (χ4n) is 2.53. The lowest BCUT2D eigenvalue weighted by Gasteiger charge is -2.36. The van der Waals surface area contributed by atoms with Crippen LogP contribution in [0.1, 0.15) is 25.7 Å². The Morgan fingerprint density at radius 1 is 1.19 bits per heavy atom. The number of rotatable bonds is 6. The van der Waals surface area contributed by atoms with E-state index in [9.17, 15) is 8.42 Å². The summed E-state index contributed by atoms with van der Waals surface area (Å²) in [5.41, 5.74) is 0. The largest absolute Gasteiger partial charge is 0.381 e. The molecule has 1 aliphatic heterocycles. The molecular weight excluding hydrogens is 306 g/mol. The predicted molar refractivity (Wildman–Crippen MR) is 85.0 cm³/mol. The zero-order chi connectivity index (χ0) is 14.8. The number of nitrogens with one attached hydrogen (secondary N) is 1. The van der Waals surface area contributed by atoms with E-state index >= 15 is 0 Å². The van der Waals surface area contributed by atoms with Crippen molar-refractivity contribution in [3.63, 3.8) is 0 Å². The quantitative estimate of drug-likeness (QED) is 0.872. The van der Waals surface area contributed by atoms with Crippen LogP contribution in [-0.2, 0) is 14.8 Å². The van der Waals surface area contributed by atoms with Gasteiger partial charge in [0.25, 0.3) is 0 Å². The summed E-state index contributed by atoms with van der Waals surface area (Å²) < 4.78 is 32.4. The van der Waals surface area contributed by atoms with Crippen molar-refractivity contribution in [3.05, 3.63) is 30.3 Å². The van der Waals surface area contributed by atoms with E-state index in [1.807, 2.05) is 18.2 Å². The fraction of sp³-hybridized carbons (Fsp3) is 0.600. The second-order valence-corrected chi connectivity index (χ2v) is 9.36. The predicted octanol–water partition coefficient (Wildman–Crippen LogP) is 2.41. The molecule has 1 heterocycles. The Labute approximate surface area is 130 Å². The van der Waals surface area contributed by atoms with Gasteiger partial charge in [-0.2, -0.15) is 0 Å². The van der Waals surface area contributed by atoms with Gasteiger partial charge in [-0.05, 0) is 37.8 Å². The Kier molecular flexibility index (Phi) is 4.59. The Hall–Kier alpha value is -0.560. The first-order chi connectivity index (χ1) is 10.1. The van der Waals surface area contributed by atoms with E-state index in [2.05, 4.69) is 16.9 Å². The van der Waals surface area contributed by atoms with E-state index in [1.165, 1.54) is 4.90 Å². The van der Waals surface area contributed by atoms with Gasteiger partial charge in [-0.15, -0.1) is 11.8 Å². The fourth-order valence-corrected chi connectivity index (χ4v) is 5.39. The van der Waals surface area contributed by atoms with Crippen LogP contribution in [0, 0.1) is 0 Å². The van der Waals surface area contributed by atoms with Gasteiger partial charge in [0.15, 0.2) is 0 Å². The van der Waals surface area contributed by atoms with Crippen LogP contribution in [0.2, 0.25) is 0 Å². The molecule has 3 rings (SSSR count). The van der Waals surface area contributed by atoms with Crippen LogP contribution >= 0.6 is 11.8 Å². The van der Waals surface area contributed by atoms with Crippen LogP contribution in [0.5, 0.6) is 0 Å². The lowest BCUT2D eigenvalue weighted by Crippen LogP contribution is -2.45. The second kappa shape index (κ2) is 6.28. The van der Waals surface area contributed by atoms with Crippen LogP contribution < -0.4 is 4.72 Å². The summed E-state index contributed by atoms with van der Waals surface area (Å²) in [6.07, 6.45) is 3.36. The summed E-state index contributed by atoms with van der Waals surface area (Å²) in [5.74, 6) is 0. The molecule has 1 aromatic carbocycles. The Morgan fingerprint density at radius 3 is 2.48 bits per heavy atom. The Morgan fingerprint density at radius 2 is 1.86 bits per heavy atom. The summed E-state index contributed by atoms with van der Waals surface area (Å²) >= 11 is 1.78. The van der Waals surface area contributed by atoms with Crippen molar-refractivity contribution < 1.29 is 13.2 Å². The molecule has 0 aromatic heterocycles. The SMILES string of the molecule is O=S(=O)(NCC1(Sc2ccccc2)CCOCC1)C1CC1. The van der Waals surface area contributed by atoms with Gasteiger partial charge in [0.1, 0.15) is 0 Å². The van der Waals surface area contributed by atoms with Gasteiger partial charge >= 0.3 is 0 Å². The van der Waals surface area contributed by atoms with E-state index in [1.54, 1.807) is 11.8 Å². The zero-order valence-corrected chi connectivity index (χ0v) is 13.6. The molecule has 0 amide bonds. The maximum absolute atomic E-state index is 12.1. The molecule has 4 nitrogen and oxygen atoms in total. The number of ether oxygens (including phenoxy) is 1. The topological polar surface area (TPSA) is 55.4 Å². The van der Waals surface area contributed by atoms with Crippen LogP contribution in [0.4, 0.5) is 0 Å². The van der Waals surface area contributed by atoms with Gasteiger partial charge in [-0.1, -0.05) is 18.2 Å². The molecule has 2 aliphatic rings. The number of hydrogen-bond donors (Lipinski definition) is 1. The summed E-state index contributed by atoms with van der Waals surface area (Å²) in [5, 5.41) is -0.156. The highest BCUT2D eigenvalue weighted by Crippen LogP contribution is 2.40. The molecule has 6 heteroatoms. The number of hydrogen-bond acceptors (Lipinski definition) is 4. The third-order valence-corrected chi connectivity index (χ3v) is 7.43. The van der Waals surface area contributed by atoms with E-state index in [4.69, 9.17) is 4.74 Å². The van der Waals surface area contributed by atoms with Crippen molar-refractivity contribution in [1.29, 1.82) is 0 Å². The summed E-state index contributed by atoms with van der Waals surface area (Å²) in [7, 11) is -3.12. The van der Waals surface area contributed by atoms with E-state index < -0.39 is 10.0 Å². The van der Waals surface area contributed by atoms with Crippen molar-refractivity contribution in [3.8, 4) is 0 Å². The first kappa shape index (κ1) is 15.3. The molecule has 116 valence electrons. The highest BCUT2D eigenvalue weighted by atomic mass is 32.2. The Bertz CT molecular complexity index is 564. The summed E-state index contributed by atoms with van der Waals surface area (Å²) in [6, 6.07) is 10.2. The van der Waals surface area contributed by atoms with E-state index in [-0.39, 0.29) is 10.00 Å². The van der Waals surface area contributed by atoms with Gasteiger partial charge in [0, 0.05) is 29.4 Å². The molecule has 0 radical (unpaired) electrons. The second-order valence-electron chi connectivity index (χ2n) is 5.78. The first-order valence-corrected chi connectivity index (χ1v) is 9.76. The molecule has 0 atom stereocenters. The lowest BCUT2D eigenvalue weighted by atomic mass is 9.99. The molecule has 1 saturated carbocycles. The molecule has 1 aromatic rings. The van der Waals surface area contributed by atoms with Crippen molar-refractivity contribution in [2.75, 3.05) is 19.8 Å². The van der Waals surface area contributed by atoms with E-state index in [0.717, 1.165) is 25.7 Å². The van der Waals surface area contributed by atoms with Crippen LogP contribution in [-0.4, -0.2) is 38.2 Å². The molecule has 0 spiro atoms. The van der Waals surface area contributed by atoms with Crippen LogP contribution in [0.3, 0.4) is 0 Å². The van der Waals surface area contributed by atoms with E-state index in [0.29, 0.717) is 19.8 Å². The highest BCUT2D eigenvalue weighted by molar-refractivity contribution is 8.00. The summed E-state index contributed by atoms with van der Waals surface area (Å²) in [6.45, 7) is 1.89. The standard InChI is InChI=1S/C15H21NO3S2/c17-21(18,14-6-7-14)16-12-15(8-10-19-11-9-15)20-13-4-2-1-3-5-13/h1-5,14,16H,6-12H2. The average molecular weight is 327 g/mol. The van der Waals surface area contributed by atoms with Crippen LogP contribution in [0.25, 0.3) is 0 Å². The minimum absolute atomic E-state index is 0.0957. The van der Waals surface area contributed by atoms with Gasteiger partial charge in [-0.25, -0.2) is 13.1 Å². The third-order valence-electron chi connectivity index (χ3n) is 4.04. The zero-order valence-electron chi connectivity index (χ0n) is 12.0. The summed E-state index contributed by atoms with van der Waals surface area (Å²) in [4.78, 5) is 1.19. The highest BCUT2D eigenvalue weighted by Gasteiger charge is 2.39. The van der Waals surface area contributed by atoms with Crippen molar-refractivity contribution in [2.24, 2.45) is 0 Å². The average Bonchev–Trinajstić information content (AvgIpc) is 3.33. The molecule has 1 aliphatic carbocycles. The molecule has 1 N–H and O–H groups in total. The smallest absolute Gasteiger partial charge is 0.214 e.